The fourth-order valence-electron chi connectivity index (χ4n) is 0.914. The zero-order chi connectivity index (χ0) is 9.19. The fraction of sp³-hybridized carbons (Fsp3) is 0. The van der Waals surface area contributed by atoms with Gasteiger partial charge in [-0.25, -0.2) is 0 Å². The summed E-state index contributed by atoms with van der Waals surface area (Å²) in [6.07, 6.45) is 4.91. The van der Waals surface area contributed by atoms with Crippen molar-refractivity contribution in [3.05, 3.63) is 29.8 Å². The van der Waals surface area contributed by atoms with Crippen molar-refractivity contribution in [2.75, 3.05) is 0 Å². The van der Waals surface area contributed by atoms with Gasteiger partial charge < -0.3 is 12.9 Å². The molecule has 0 atom stereocenters. The Kier molecular flexibility index (Phi) is 5.34. The summed E-state index contributed by atoms with van der Waals surface area (Å²) >= 11 is 0. The van der Waals surface area contributed by atoms with E-state index in [9.17, 15) is 12.9 Å². The van der Waals surface area contributed by atoms with Crippen molar-refractivity contribution < 1.29 is 64.3 Å². The van der Waals surface area contributed by atoms with Gasteiger partial charge in [-0.3, -0.25) is 0 Å². The van der Waals surface area contributed by atoms with E-state index in [4.69, 9.17) is 6.42 Å². The molecule has 0 unspecified atom stereocenters. The molecular weight excluding hydrogens is 203 g/mol. The smallest absolute Gasteiger partial charge is 0.445 e. The van der Waals surface area contributed by atoms with Crippen LogP contribution in [0.25, 0.3) is 0 Å². The third kappa shape index (κ3) is 3.49. The van der Waals surface area contributed by atoms with Gasteiger partial charge in [-0.15, -0.1) is 6.42 Å². The maximum absolute atomic E-state index is 12.2. The van der Waals surface area contributed by atoms with E-state index in [1.54, 1.807) is 0 Å². The van der Waals surface area contributed by atoms with Crippen molar-refractivity contribution in [1.29, 1.82) is 0 Å². The number of hydrogen-bond acceptors (Lipinski definition) is 0. The molecule has 62 valence electrons. The second-order valence-electron chi connectivity index (χ2n) is 2.31. The van der Waals surface area contributed by atoms with E-state index in [0.717, 1.165) is 6.07 Å². The van der Waals surface area contributed by atoms with Gasteiger partial charge in [0.1, 0.15) is 0 Å². The zero-order valence-electron chi connectivity index (χ0n) is 7.10. The van der Waals surface area contributed by atoms with Gasteiger partial charge in [0.2, 0.25) is 0 Å². The van der Waals surface area contributed by atoms with Crippen LogP contribution < -0.4 is 56.8 Å². The Labute approximate surface area is 117 Å². The van der Waals surface area contributed by atoms with Gasteiger partial charge in [-0.2, -0.15) is 0 Å². The van der Waals surface area contributed by atoms with Gasteiger partial charge in [0.15, 0.2) is 0 Å². The summed E-state index contributed by atoms with van der Waals surface area (Å²) in [5.74, 6) is 2.00. The van der Waals surface area contributed by atoms with Crippen LogP contribution in [0.5, 0.6) is 0 Å². The van der Waals surface area contributed by atoms with Crippen LogP contribution in [0.3, 0.4) is 0 Å². The minimum absolute atomic E-state index is 0. The van der Waals surface area contributed by atoms with Crippen molar-refractivity contribution >= 4 is 12.4 Å². The van der Waals surface area contributed by atoms with Gasteiger partial charge in [-0.1, -0.05) is 29.6 Å². The largest absolute Gasteiger partial charge is 1.00 e. The normalized spacial score (nSPS) is 10.0. The first-order chi connectivity index (χ1) is 5.55. The molecule has 0 fully saturated rings. The fourth-order valence-corrected chi connectivity index (χ4v) is 0.914. The van der Waals surface area contributed by atoms with Gasteiger partial charge in [0, 0.05) is 0 Å². The van der Waals surface area contributed by atoms with E-state index in [0.29, 0.717) is 0 Å². The summed E-state index contributed by atoms with van der Waals surface area (Å²) < 4.78 is 36.6. The number of rotatable bonds is 1. The Bertz CT molecular complexity index is 327. The second kappa shape index (κ2) is 5.23. The molecule has 0 aliphatic rings. The number of halogens is 3. The summed E-state index contributed by atoms with van der Waals surface area (Å²) in [5.41, 5.74) is -0.787. The van der Waals surface area contributed by atoms with E-state index < -0.39 is 12.4 Å². The molecule has 0 saturated carbocycles. The molecule has 1 rings (SSSR count). The molecule has 0 N–H and O–H groups in total. The van der Waals surface area contributed by atoms with Crippen LogP contribution >= 0.6 is 0 Å². The standard InChI is InChI=1S/C8H5BF3.K/c1-2-7-5-3-4-6-8(7)9(10,11)12;/h1,3-6H;/q-1;+1. The minimum atomic E-state index is -4.98. The summed E-state index contributed by atoms with van der Waals surface area (Å²) in [4.78, 5) is 0. The van der Waals surface area contributed by atoms with E-state index in [1.165, 1.54) is 18.2 Å². The summed E-state index contributed by atoms with van der Waals surface area (Å²) in [7, 11) is 0. The summed E-state index contributed by atoms with van der Waals surface area (Å²) in [6, 6.07) is 5.09. The van der Waals surface area contributed by atoms with Gasteiger partial charge >= 0.3 is 58.4 Å². The topological polar surface area (TPSA) is 0 Å². The van der Waals surface area contributed by atoms with Crippen LogP contribution in [-0.4, -0.2) is 6.98 Å². The number of benzene rings is 1. The third-order valence-corrected chi connectivity index (χ3v) is 1.47. The molecule has 0 heterocycles. The molecule has 0 aromatic heterocycles. The van der Waals surface area contributed by atoms with Crippen molar-refractivity contribution in [3.8, 4) is 12.3 Å². The third-order valence-electron chi connectivity index (χ3n) is 1.47. The van der Waals surface area contributed by atoms with Gasteiger partial charge in [0.25, 0.3) is 0 Å². The van der Waals surface area contributed by atoms with E-state index >= 15 is 0 Å². The molecular formula is C8H5BF3K. The van der Waals surface area contributed by atoms with Crippen LogP contribution in [0.1, 0.15) is 5.56 Å². The molecule has 13 heavy (non-hydrogen) atoms. The van der Waals surface area contributed by atoms with Crippen LogP contribution in [0.2, 0.25) is 0 Å². The SMILES string of the molecule is C#Cc1ccccc1[B-](F)(F)F.[K+]. The predicted molar refractivity (Wildman–Crippen MR) is 43.1 cm³/mol. The molecule has 1 aromatic rings. The first-order valence-corrected chi connectivity index (χ1v) is 3.31. The first kappa shape index (κ1) is 13.3. The Hall–Kier alpha value is 0.271. The summed E-state index contributed by atoms with van der Waals surface area (Å²) in [5, 5.41) is 0. The Balaban J connectivity index is 0.00000144. The molecule has 1 aromatic carbocycles. The van der Waals surface area contributed by atoms with Crippen molar-refractivity contribution in [2.24, 2.45) is 0 Å². The van der Waals surface area contributed by atoms with Crippen molar-refractivity contribution in [3.63, 3.8) is 0 Å². The molecule has 0 aliphatic carbocycles. The molecule has 0 aliphatic heterocycles. The van der Waals surface area contributed by atoms with Crippen molar-refractivity contribution in [1.82, 2.24) is 0 Å². The molecule has 0 radical (unpaired) electrons. The second-order valence-corrected chi connectivity index (χ2v) is 2.31. The van der Waals surface area contributed by atoms with Crippen LogP contribution in [-0.2, 0) is 0 Å². The average Bonchev–Trinajstić information content (AvgIpc) is 2.03. The molecule has 0 nitrogen and oxygen atoms in total. The van der Waals surface area contributed by atoms with Crippen molar-refractivity contribution in [2.45, 2.75) is 0 Å². The number of hydrogen-bond donors (Lipinski definition) is 0. The minimum Gasteiger partial charge on any atom is -0.445 e. The van der Waals surface area contributed by atoms with Crippen LogP contribution in [0.4, 0.5) is 12.9 Å². The monoisotopic (exact) mass is 208 g/mol. The Morgan fingerprint density at radius 2 is 1.69 bits per heavy atom. The van der Waals surface area contributed by atoms with Gasteiger partial charge in [-0.05, 0) is 11.6 Å². The zero-order valence-corrected chi connectivity index (χ0v) is 10.2. The van der Waals surface area contributed by atoms with E-state index in [2.05, 4.69) is 0 Å². The van der Waals surface area contributed by atoms with Gasteiger partial charge in [0.05, 0.1) is 0 Å². The Morgan fingerprint density at radius 1 is 1.15 bits per heavy atom. The number of terminal acetylenes is 1. The molecule has 0 bridgehead atoms. The summed E-state index contributed by atoms with van der Waals surface area (Å²) in [6.45, 7) is -4.98. The predicted octanol–water partition coefficient (Wildman–Crippen LogP) is -1.27. The van der Waals surface area contributed by atoms with Crippen LogP contribution in [0.15, 0.2) is 24.3 Å². The maximum atomic E-state index is 12.2. The molecule has 0 saturated heterocycles. The van der Waals surface area contributed by atoms with E-state index in [1.807, 2.05) is 5.92 Å². The average molecular weight is 208 g/mol. The molecule has 0 spiro atoms. The van der Waals surface area contributed by atoms with Crippen LogP contribution in [0, 0.1) is 12.3 Å². The molecule has 0 amide bonds. The quantitative estimate of drug-likeness (QED) is 0.398. The Morgan fingerprint density at radius 3 is 2.08 bits per heavy atom. The first-order valence-electron chi connectivity index (χ1n) is 3.31. The molecule has 5 heteroatoms. The van der Waals surface area contributed by atoms with E-state index in [-0.39, 0.29) is 56.9 Å². The maximum Gasteiger partial charge on any atom is 1.00 e.